The van der Waals surface area contributed by atoms with Gasteiger partial charge in [-0.1, -0.05) is 6.92 Å². The Balaban J connectivity index is 2.14. The minimum atomic E-state index is -0.0906. The number of nitrogens with one attached hydrogen (secondary N) is 1. The van der Waals surface area contributed by atoms with Crippen molar-refractivity contribution < 1.29 is 0 Å². The Hall–Kier alpha value is -1.14. The maximum absolute atomic E-state index is 12.0. The molecule has 96 valence electrons. The molecule has 0 aliphatic carbocycles. The monoisotopic (exact) mass is 327 g/mol. The van der Waals surface area contributed by atoms with E-state index >= 15 is 0 Å². The van der Waals surface area contributed by atoms with E-state index < -0.39 is 0 Å². The van der Waals surface area contributed by atoms with Crippen molar-refractivity contribution in [3.05, 3.63) is 43.4 Å². The van der Waals surface area contributed by atoms with E-state index in [-0.39, 0.29) is 5.56 Å². The molecule has 0 radical (unpaired) electrons. The van der Waals surface area contributed by atoms with Crippen LogP contribution in [0.4, 0.5) is 5.69 Å². The first-order chi connectivity index (χ1) is 8.72. The van der Waals surface area contributed by atoms with E-state index in [1.54, 1.807) is 17.5 Å². The summed E-state index contributed by atoms with van der Waals surface area (Å²) in [6, 6.07) is 2.05. The van der Waals surface area contributed by atoms with Crippen LogP contribution in [0.25, 0.3) is 0 Å². The number of halogens is 1. The molecular weight excluding hydrogens is 314 g/mol. The van der Waals surface area contributed by atoms with Gasteiger partial charge >= 0.3 is 0 Å². The molecule has 2 aromatic heterocycles. The number of thiophene rings is 1. The first-order valence-electron chi connectivity index (χ1n) is 5.73. The van der Waals surface area contributed by atoms with Gasteiger partial charge in [-0.25, -0.2) is 4.68 Å². The molecule has 0 saturated heterocycles. The third kappa shape index (κ3) is 3.00. The highest BCUT2D eigenvalue weighted by atomic mass is 79.9. The van der Waals surface area contributed by atoms with Crippen molar-refractivity contribution in [2.24, 2.45) is 0 Å². The Morgan fingerprint density at radius 2 is 2.39 bits per heavy atom. The summed E-state index contributed by atoms with van der Waals surface area (Å²) in [4.78, 5) is 12.0. The number of anilines is 1. The first-order valence-corrected chi connectivity index (χ1v) is 7.46. The third-order valence-corrected chi connectivity index (χ3v) is 3.98. The van der Waals surface area contributed by atoms with Crippen LogP contribution in [0, 0.1) is 0 Å². The van der Waals surface area contributed by atoms with Crippen molar-refractivity contribution in [1.82, 2.24) is 9.78 Å². The second kappa shape index (κ2) is 6.15. The fraction of sp³-hybridized carbons (Fsp3) is 0.333. The van der Waals surface area contributed by atoms with Gasteiger partial charge in [-0.2, -0.15) is 16.4 Å². The number of aryl methyl sites for hydroxylation is 1. The quantitative estimate of drug-likeness (QED) is 0.917. The smallest absolute Gasteiger partial charge is 0.283 e. The zero-order valence-corrected chi connectivity index (χ0v) is 12.4. The topological polar surface area (TPSA) is 46.9 Å². The molecule has 4 nitrogen and oxygen atoms in total. The minimum Gasteiger partial charge on any atom is -0.379 e. The molecule has 2 rings (SSSR count). The van der Waals surface area contributed by atoms with E-state index in [0.29, 0.717) is 17.6 Å². The lowest BCUT2D eigenvalue weighted by Gasteiger charge is -2.09. The lowest BCUT2D eigenvalue weighted by molar-refractivity contribution is 0.566. The number of hydrogen-bond donors (Lipinski definition) is 1. The van der Waals surface area contributed by atoms with E-state index in [2.05, 4.69) is 37.8 Å². The summed E-state index contributed by atoms with van der Waals surface area (Å²) >= 11 is 4.99. The highest BCUT2D eigenvalue weighted by molar-refractivity contribution is 9.10. The van der Waals surface area contributed by atoms with Crippen LogP contribution in [-0.4, -0.2) is 9.78 Å². The maximum Gasteiger partial charge on any atom is 0.283 e. The zero-order chi connectivity index (χ0) is 13.0. The van der Waals surface area contributed by atoms with Crippen LogP contribution in [-0.2, 0) is 13.1 Å². The van der Waals surface area contributed by atoms with Crippen LogP contribution < -0.4 is 10.9 Å². The summed E-state index contributed by atoms with van der Waals surface area (Å²) in [7, 11) is 0. The molecule has 0 aliphatic heterocycles. The predicted octanol–water partition coefficient (Wildman–Crippen LogP) is 3.09. The third-order valence-electron chi connectivity index (χ3n) is 2.48. The number of aromatic nitrogens is 2. The molecule has 0 aromatic carbocycles. The number of hydrogen-bond acceptors (Lipinski definition) is 4. The Morgan fingerprint density at radius 3 is 3.06 bits per heavy atom. The first kappa shape index (κ1) is 13.3. The van der Waals surface area contributed by atoms with Crippen molar-refractivity contribution in [3.8, 4) is 0 Å². The zero-order valence-electron chi connectivity index (χ0n) is 10.0. The van der Waals surface area contributed by atoms with E-state index in [1.165, 1.54) is 10.2 Å². The van der Waals surface area contributed by atoms with Crippen molar-refractivity contribution in [3.63, 3.8) is 0 Å². The van der Waals surface area contributed by atoms with E-state index in [9.17, 15) is 4.79 Å². The highest BCUT2D eigenvalue weighted by Gasteiger charge is 2.08. The van der Waals surface area contributed by atoms with Gasteiger partial charge in [-0.3, -0.25) is 4.79 Å². The number of rotatable bonds is 5. The molecule has 6 heteroatoms. The molecule has 0 amide bonds. The van der Waals surface area contributed by atoms with Gasteiger partial charge in [0.15, 0.2) is 0 Å². The van der Waals surface area contributed by atoms with Crippen LogP contribution in [0.5, 0.6) is 0 Å². The lowest BCUT2D eigenvalue weighted by Crippen LogP contribution is -2.24. The predicted molar refractivity (Wildman–Crippen MR) is 78.1 cm³/mol. The van der Waals surface area contributed by atoms with Crippen LogP contribution in [0.15, 0.2) is 32.3 Å². The molecule has 0 bridgehead atoms. The van der Waals surface area contributed by atoms with Gasteiger partial charge in [0.2, 0.25) is 0 Å². The molecule has 0 atom stereocenters. The Kier molecular flexibility index (Phi) is 4.54. The average molecular weight is 328 g/mol. The maximum atomic E-state index is 12.0. The molecule has 18 heavy (non-hydrogen) atoms. The molecule has 0 spiro atoms. The molecule has 0 unspecified atom stereocenters. The van der Waals surface area contributed by atoms with Crippen molar-refractivity contribution in [2.45, 2.75) is 26.4 Å². The normalized spacial score (nSPS) is 10.6. The van der Waals surface area contributed by atoms with Gasteiger partial charge in [-0.15, -0.1) is 0 Å². The summed E-state index contributed by atoms with van der Waals surface area (Å²) in [5.74, 6) is 0. The van der Waals surface area contributed by atoms with E-state index in [4.69, 9.17) is 0 Å². The van der Waals surface area contributed by atoms with Crippen molar-refractivity contribution in [1.29, 1.82) is 0 Å². The molecule has 0 aliphatic rings. The fourth-order valence-corrected chi connectivity index (χ4v) is 2.67. The molecule has 2 aromatic rings. The Morgan fingerprint density at radius 1 is 1.56 bits per heavy atom. The second-order valence-corrected chi connectivity index (χ2v) is 5.46. The minimum absolute atomic E-state index is 0.0906. The summed E-state index contributed by atoms with van der Waals surface area (Å²) in [6.45, 7) is 3.36. The molecule has 0 saturated carbocycles. The fourth-order valence-electron chi connectivity index (χ4n) is 1.55. The molecule has 0 fully saturated rings. The average Bonchev–Trinajstić information content (AvgIpc) is 2.87. The van der Waals surface area contributed by atoms with Gasteiger partial charge in [0.05, 0.1) is 11.9 Å². The van der Waals surface area contributed by atoms with Crippen LogP contribution >= 0.6 is 27.3 Å². The van der Waals surface area contributed by atoms with Gasteiger partial charge in [-0.05, 0) is 44.7 Å². The van der Waals surface area contributed by atoms with Gasteiger partial charge in [0, 0.05) is 13.1 Å². The molecular formula is C12H14BrN3OS. The second-order valence-electron chi connectivity index (χ2n) is 3.89. The molecule has 2 heterocycles. The summed E-state index contributed by atoms with van der Waals surface area (Å²) < 4.78 is 2.01. The van der Waals surface area contributed by atoms with E-state index in [1.807, 2.05) is 12.3 Å². The largest absolute Gasteiger partial charge is 0.379 e. The number of nitrogens with zero attached hydrogens (tertiary/aromatic N) is 2. The van der Waals surface area contributed by atoms with Crippen LogP contribution in [0.2, 0.25) is 0 Å². The molecule has 1 N–H and O–H groups in total. The van der Waals surface area contributed by atoms with Gasteiger partial charge in [0.25, 0.3) is 5.56 Å². The SMILES string of the molecule is CCCn1ncc(NCc2ccsc2)c(Br)c1=O. The van der Waals surface area contributed by atoms with Crippen LogP contribution in [0.3, 0.4) is 0 Å². The highest BCUT2D eigenvalue weighted by Crippen LogP contribution is 2.17. The summed E-state index contributed by atoms with van der Waals surface area (Å²) in [5.41, 5.74) is 1.84. The Labute approximate surface area is 118 Å². The summed E-state index contributed by atoms with van der Waals surface area (Å²) in [6.07, 6.45) is 2.58. The van der Waals surface area contributed by atoms with Gasteiger partial charge < -0.3 is 5.32 Å². The summed E-state index contributed by atoms with van der Waals surface area (Å²) in [5, 5.41) is 11.5. The van der Waals surface area contributed by atoms with Crippen molar-refractivity contribution >= 4 is 33.0 Å². The lowest BCUT2D eigenvalue weighted by atomic mass is 10.3. The van der Waals surface area contributed by atoms with E-state index in [0.717, 1.165) is 12.1 Å². The van der Waals surface area contributed by atoms with Crippen LogP contribution in [0.1, 0.15) is 18.9 Å². The van der Waals surface area contributed by atoms with Gasteiger partial charge in [0.1, 0.15) is 4.47 Å². The Bertz CT molecular complexity index is 565. The van der Waals surface area contributed by atoms with Crippen molar-refractivity contribution in [2.75, 3.05) is 5.32 Å². The standard InChI is InChI=1S/C12H14BrN3OS/c1-2-4-16-12(17)11(13)10(7-15-16)14-6-9-3-5-18-8-9/h3,5,7-8,14H,2,4,6H2,1H3.